The lowest BCUT2D eigenvalue weighted by molar-refractivity contribution is -0.133. The molecule has 156 valence electrons. The number of benzene rings is 2. The highest BCUT2D eigenvalue weighted by atomic mass is 35.5. The number of hydrogen-bond acceptors (Lipinski definition) is 4. The molecule has 2 atom stereocenters. The van der Waals surface area contributed by atoms with Crippen LogP contribution >= 0.6 is 11.6 Å². The number of para-hydroxylation sites is 1. The Morgan fingerprint density at radius 3 is 2.60 bits per heavy atom. The topological polar surface area (TPSA) is 64.1 Å². The number of anilines is 2. The van der Waals surface area contributed by atoms with Gasteiger partial charge in [-0.25, -0.2) is 0 Å². The van der Waals surface area contributed by atoms with E-state index in [9.17, 15) is 14.7 Å². The van der Waals surface area contributed by atoms with Gasteiger partial charge in [-0.1, -0.05) is 35.9 Å². The lowest BCUT2D eigenvalue weighted by atomic mass is 9.92. The standard InChI is InChI=1S/C23H24ClN3O3/c24-16-4-3-5-17(12-16)25-8-10-26(11-9-25)21(29)14-27-20-7-2-1-6-18(20)19-13-23(19,15-28)22(27)30/h1-7,12,19,28H,8-11,13-15H2. The molecule has 0 radical (unpaired) electrons. The highest BCUT2D eigenvalue weighted by Gasteiger charge is 2.65. The Hall–Kier alpha value is -2.57. The minimum atomic E-state index is -0.736. The van der Waals surface area contributed by atoms with Gasteiger partial charge in [-0.2, -0.15) is 0 Å². The zero-order valence-electron chi connectivity index (χ0n) is 16.6. The highest BCUT2D eigenvalue weighted by molar-refractivity contribution is 6.30. The third-order valence-electron chi connectivity index (χ3n) is 6.73. The van der Waals surface area contributed by atoms with Crippen molar-refractivity contribution in [1.82, 2.24) is 4.90 Å². The molecule has 1 saturated heterocycles. The van der Waals surface area contributed by atoms with Crippen LogP contribution in [0.3, 0.4) is 0 Å². The molecule has 2 amide bonds. The second-order valence-electron chi connectivity index (χ2n) is 8.37. The van der Waals surface area contributed by atoms with Crippen LogP contribution in [0.15, 0.2) is 48.5 Å². The van der Waals surface area contributed by atoms with Gasteiger partial charge in [0, 0.05) is 48.5 Å². The molecule has 5 rings (SSSR count). The van der Waals surface area contributed by atoms with Crippen molar-refractivity contribution in [3.63, 3.8) is 0 Å². The smallest absolute Gasteiger partial charge is 0.242 e. The van der Waals surface area contributed by atoms with Crippen molar-refractivity contribution in [1.29, 1.82) is 0 Å². The zero-order valence-corrected chi connectivity index (χ0v) is 17.4. The van der Waals surface area contributed by atoms with Crippen LogP contribution in [0.2, 0.25) is 5.02 Å². The third-order valence-corrected chi connectivity index (χ3v) is 6.97. The number of rotatable bonds is 4. The molecule has 7 heteroatoms. The Morgan fingerprint density at radius 2 is 1.87 bits per heavy atom. The van der Waals surface area contributed by atoms with E-state index in [0.717, 1.165) is 30.0 Å². The van der Waals surface area contributed by atoms with Gasteiger partial charge in [-0.15, -0.1) is 0 Å². The molecular formula is C23H24ClN3O3. The maximum absolute atomic E-state index is 13.1. The van der Waals surface area contributed by atoms with E-state index in [1.807, 2.05) is 53.4 Å². The molecule has 0 bridgehead atoms. The maximum atomic E-state index is 13.1. The van der Waals surface area contributed by atoms with Crippen molar-refractivity contribution >= 4 is 34.8 Å². The maximum Gasteiger partial charge on any atom is 0.242 e. The first-order chi connectivity index (χ1) is 14.5. The van der Waals surface area contributed by atoms with Crippen LogP contribution in [0.5, 0.6) is 0 Å². The van der Waals surface area contributed by atoms with Crippen LogP contribution < -0.4 is 9.80 Å². The number of piperazine rings is 1. The van der Waals surface area contributed by atoms with Gasteiger partial charge in [-0.3, -0.25) is 9.59 Å². The summed E-state index contributed by atoms with van der Waals surface area (Å²) in [5, 5.41) is 10.6. The van der Waals surface area contributed by atoms with Gasteiger partial charge in [-0.05, 0) is 36.2 Å². The average molecular weight is 426 g/mol. The molecule has 30 heavy (non-hydrogen) atoms. The first-order valence-corrected chi connectivity index (χ1v) is 10.7. The van der Waals surface area contributed by atoms with Gasteiger partial charge in [0.05, 0.1) is 12.0 Å². The molecule has 0 aromatic heterocycles. The van der Waals surface area contributed by atoms with E-state index in [1.165, 1.54) is 0 Å². The second kappa shape index (κ2) is 7.29. The second-order valence-corrected chi connectivity index (χ2v) is 8.81. The summed E-state index contributed by atoms with van der Waals surface area (Å²) in [4.78, 5) is 31.8. The van der Waals surface area contributed by atoms with E-state index >= 15 is 0 Å². The van der Waals surface area contributed by atoms with E-state index in [0.29, 0.717) is 24.5 Å². The van der Waals surface area contributed by atoms with Gasteiger partial charge in [0.2, 0.25) is 11.8 Å². The van der Waals surface area contributed by atoms with Crippen molar-refractivity contribution < 1.29 is 14.7 Å². The molecule has 2 fully saturated rings. The minimum Gasteiger partial charge on any atom is -0.395 e. The molecule has 3 aliphatic rings. The molecule has 2 aromatic carbocycles. The zero-order chi connectivity index (χ0) is 20.9. The largest absolute Gasteiger partial charge is 0.395 e. The SMILES string of the molecule is O=C(CN1C(=O)C2(CO)CC2c2ccccc21)N1CCN(c2cccc(Cl)c2)CC1. The number of amides is 2. The molecule has 2 heterocycles. The number of hydrogen-bond donors (Lipinski definition) is 1. The number of nitrogens with zero attached hydrogens (tertiary/aromatic N) is 3. The van der Waals surface area contributed by atoms with Crippen LogP contribution in [-0.2, 0) is 9.59 Å². The summed E-state index contributed by atoms with van der Waals surface area (Å²) in [6.45, 7) is 2.49. The predicted octanol–water partition coefficient (Wildman–Crippen LogP) is 2.50. The van der Waals surface area contributed by atoms with Crippen LogP contribution in [-0.4, -0.2) is 61.2 Å². The van der Waals surface area contributed by atoms with Crippen LogP contribution in [0.1, 0.15) is 17.9 Å². The van der Waals surface area contributed by atoms with Gasteiger partial charge in [0.15, 0.2) is 0 Å². The molecule has 0 spiro atoms. The van der Waals surface area contributed by atoms with Crippen LogP contribution in [0.4, 0.5) is 11.4 Å². The summed E-state index contributed by atoms with van der Waals surface area (Å²) < 4.78 is 0. The summed E-state index contributed by atoms with van der Waals surface area (Å²) in [5.41, 5.74) is 2.18. The lowest BCUT2D eigenvalue weighted by Crippen LogP contribution is -2.53. The number of aliphatic hydroxyl groups is 1. The first kappa shape index (κ1) is 19.4. The fourth-order valence-electron chi connectivity index (χ4n) is 4.88. The van der Waals surface area contributed by atoms with Crippen LogP contribution in [0.25, 0.3) is 0 Å². The molecule has 2 aliphatic heterocycles. The number of halogens is 1. The summed E-state index contributed by atoms with van der Waals surface area (Å²) in [5.74, 6) is -0.116. The Balaban J connectivity index is 1.29. The highest BCUT2D eigenvalue weighted by Crippen LogP contribution is 2.64. The van der Waals surface area contributed by atoms with E-state index in [2.05, 4.69) is 4.90 Å². The Bertz CT molecular complexity index is 1000. The van der Waals surface area contributed by atoms with E-state index in [4.69, 9.17) is 11.6 Å². The van der Waals surface area contributed by atoms with Gasteiger partial charge >= 0.3 is 0 Å². The summed E-state index contributed by atoms with van der Waals surface area (Å²) in [7, 11) is 0. The normalized spacial score (nSPS) is 25.1. The van der Waals surface area contributed by atoms with E-state index in [1.54, 1.807) is 4.90 Å². The third kappa shape index (κ3) is 3.06. The predicted molar refractivity (Wildman–Crippen MR) is 116 cm³/mol. The van der Waals surface area contributed by atoms with Crippen molar-refractivity contribution in [2.24, 2.45) is 5.41 Å². The lowest BCUT2D eigenvalue weighted by Gasteiger charge is -2.38. The Morgan fingerprint density at radius 1 is 1.10 bits per heavy atom. The number of carbonyl (C=O) groups excluding carboxylic acids is 2. The molecule has 2 aromatic rings. The minimum absolute atomic E-state index is 0.0154. The number of carbonyl (C=O) groups is 2. The Labute approximate surface area is 180 Å². The molecule has 2 unspecified atom stereocenters. The molecule has 1 saturated carbocycles. The van der Waals surface area contributed by atoms with Crippen molar-refractivity contribution in [3.05, 3.63) is 59.1 Å². The fourth-order valence-corrected chi connectivity index (χ4v) is 5.06. The van der Waals surface area contributed by atoms with E-state index in [-0.39, 0.29) is 30.9 Å². The van der Waals surface area contributed by atoms with Crippen molar-refractivity contribution in [2.45, 2.75) is 12.3 Å². The molecule has 1 aliphatic carbocycles. The van der Waals surface area contributed by atoms with Crippen LogP contribution in [0, 0.1) is 5.41 Å². The van der Waals surface area contributed by atoms with Crippen molar-refractivity contribution in [3.8, 4) is 0 Å². The van der Waals surface area contributed by atoms with Gasteiger partial charge in [0.25, 0.3) is 0 Å². The number of aliphatic hydroxyl groups excluding tert-OH is 1. The first-order valence-electron chi connectivity index (χ1n) is 10.3. The van der Waals surface area contributed by atoms with Gasteiger partial charge < -0.3 is 19.8 Å². The van der Waals surface area contributed by atoms with Gasteiger partial charge in [0.1, 0.15) is 6.54 Å². The molecule has 1 N–H and O–H groups in total. The summed E-state index contributed by atoms with van der Waals surface area (Å²) >= 11 is 6.10. The monoisotopic (exact) mass is 425 g/mol. The molecule has 6 nitrogen and oxygen atoms in total. The quantitative estimate of drug-likeness (QED) is 0.817. The van der Waals surface area contributed by atoms with Crippen molar-refractivity contribution in [2.75, 3.05) is 49.1 Å². The van der Waals surface area contributed by atoms with E-state index < -0.39 is 5.41 Å². The Kier molecular flexibility index (Phi) is 4.71. The molecular weight excluding hydrogens is 402 g/mol. The summed E-state index contributed by atoms with van der Waals surface area (Å²) in [6.07, 6.45) is 0.655. The fraction of sp³-hybridized carbons (Fsp3) is 0.391. The average Bonchev–Trinajstić information content (AvgIpc) is 3.53. The summed E-state index contributed by atoms with van der Waals surface area (Å²) in [6, 6.07) is 15.5. The number of fused-ring (bicyclic) bond motifs is 3.